The van der Waals surface area contributed by atoms with Crippen LogP contribution in [0.2, 0.25) is 0 Å². The molecule has 0 fully saturated rings. The molecule has 3 aromatic rings. The maximum absolute atomic E-state index is 13.4. The van der Waals surface area contributed by atoms with Crippen LogP contribution in [-0.2, 0) is 26.2 Å². The quantitative estimate of drug-likeness (QED) is 0.424. The third-order valence-electron chi connectivity index (χ3n) is 5.21. The summed E-state index contributed by atoms with van der Waals surface area (Å²) in [5, 5.41) is 0. The number of hydrogen-bond donors (Lipinski definition) is 0. The number of esters is 1. The molecule has 0 aliphatic heterocycles. The summed E-state index contributed by atoms with van der Waals surface area (Å²) in [4.78, 5) is 24.2. The minimum Gasteiger partial charge on any atom is -0.487 e. The van der Waals surface area contributed by atoms with Gasteiger partial charge in [0.2, 0.25) is 5.91 Å². The van der Waals surface area contributed by atoms with Crippen LogP contribution in [0.1, 0.15) is 48.2 Å². The Labute approximate surface area is 200 Å². The van der Waals surface area contributed by atoms with E-state index in [4.69, 9.17) is 9.47 Å². The van der Waals surface area contributed by atoms with Crippen LogP contribution >= 0.6 is 0 Å². The Morgan fingerprint density at radius 1 is 0.941 bits per heavy atom. The predicted octanol–water partition coefficient (Wildman–Crippen LogP) is 4.92. The van der Waals surface area contributed by atoms with Gasteiger partial charge in [0.05, 0.1) is 17.6 Å². The first-order valence-electron chi connectivity index (χ1n) is 10.7. The molecule has 8 heteroatoms. The van der Waals surface area contributed by atoms with Crippen LogP contribution in [0, 0.1) is 0 Å². The Morgan fingerprint density at radius 3 is 2.15 bits per heavy atom. The number of nitrogens with zero attached hydrogens (tertiary/aromatic N) is 1. The lowest BCUT2D eigenvalue weighted by molar-refractivity contribution is -0.115. The van der Waals surface area contributed by atoms with Gasteiger partial charge in [0.15, 0.2) is 0 Å². The molecular weight excluding hydrogens is 454 g/mol. The summed E-state index contributed by atoms with van der Waals surface area (Å²) in [5.41, 5.74) is 2.23. The second-order valence-corrected chi connectivity index (χ2v) is 9.75. The highest BCUT2D eigenvalue weighted by atomic mass is 32.2. The minimum absolute atomic E-state index is 0.00230. The molecular formula is C26H27NO6S. The Balaban J connectivity index is 2.00. The van der Waals surface area contributed by atoms with Gasteiger partial charge in [0.1, 0.15) is 18.0 Å². The highest BCUT2D eigenvalue weighted by Gasteiger charge is 2.31. The lowest BCUT2D eigenvalue weighted by Crippen LogP contribution is -2.35. The molecule has 0 aliphatic carbocycles. The monoisotopic (exact) mass is 481 g/mol. The number of methoxy groups -OCH3 is 1. The number of benzene rings is 3. The summed E-state index contributed by atoms with van der Waals surface area (Å²) >= 11 is 0. The second kappa shape index (κ2) is 10.5. The number of hydrogen-bond acceptors (Lipinski definition) is 6. The number of amides is 1. The van der Waals surface area contributed by atoms with Crippen LogP contribution in [0.5, 0.6) is 5.75 Å². The standard InChI is InChI=1S/C26H27NO6S/c1-18(2)22-14-15-24(27(19(3)28)34(30,31)23-8-6-5-7-9-23)25(16-22)33-17-20-10-12-21(13-11-20)26(29)32-4/h5-16,18H,17H2,1-4H3. The number of ether oxygens (including phenoxy) is 2. The maximum atomic E-state index is 13.4. The highest BCUT2D eigenvalue weighted by Crippen LogP contribution is 2.36. The minimum atomic E-state index is -4.16. The Kier molecular flexibility index (Phi) is 7.73. The van der Waals surface area contributed by atoms with Gasteiger partial charge in [0.25, 0.3) is 10.0 Å². The molecule has 7 nitrogen and oxygen atoms in total. The van der Waals surface area contributed by atoms with Crippen molar-refractivity contribution in [1.29, 1.82) is 0 Å². The van der Waals surface area contributed by atoms with Gasteiger partial charge in [-0.25, -0.2) is 13.2 Å². The van der Waals surface area contributed by atoms with Crippen molar-refractivity contribution in [3.05, 3.63) is 89.5 Å². The normalized spacial score (nSPS) is 11.2. The molecule has 0 atom stereocenters. The van der Waals surface area contributed by atoms with Gasteiger partial charge in [0, 0.05) is 6.92 Å². The van der Waals surface area contributed by atoms with Gasteiger partial charge in [-0.3, -0.25) is 4.79 Å². The molecule has 0 bridgehead atoms. The summed E-state index contributed by atoms with van der Waals surface area (Å²) < 4.78 is 38.2. The van der Waals surface area contributed by atoms with Crippen LogP contribution in [-0.4, -0.2) is 27.4 Å². The second-order valence-electron chi connectivity index (χ2n) is 7.96. The molecule has 0 saturated heterocycles. The van der Waals surface area contributed by atoms with E-state index in [9.17, 15) is 18.0 Å². The summed E-state index contributed by atoms with van der Waals surface area (Å²) in [7, 11) is -2.85. The average molecular weight is 482 g/mol. The van der Waals surface area contributed by atoms with E-state index in [0.29, 0.717) is 5.56 Å². The van der Waals surface area contributed by atoms with Crippen LogP contribution in [0.4, 0.5) is 5.69 Å². The smallest absolute Gasteiger partial charge is 0.337 e. The first-order valence-corrected chi connectivity index (χ1v) is 12.1. The van der Waals surface area contributed by atoms with Crippen LogP contribution in [0.3, 0.4) is 0 Å². The fraction of sp³-hybridized carbons (Fsp3) is 0.231. The molecule has 0 aliphatic rings. The van der Waals surface area contributed by atoms with Crippen LogP contribution in [0.15, 0.2) is 77.7 Å². The van der Waals surface area contributed by atoms with Gasteiger partial charge < -0.3 is 9.47 Å². The summed E-state index contributed by atoms with van der Waals surface area (Å²) in [6, 6.07) is 19.6. The highest BCUT2D eigenvalue weighted by molar-refractivity contribution is 7.93. The van der Waals surface area contributed by atoms with Gasteiger partial charge in [-0.2, -0.15) is 4.31 Å². The van der Waals surface area contributed by atoms with Gasteiger partial charge in [-0.1, -0.05) is 50.2 Å². The van der Waals surface area contributed by atoms with E-state index in [0.717, 1.165) is 15.4 Å². The van der Waals surface area contributed by atoms with E-state index in [2.05, 4.69) is 0 Å². The first kappa shape index (κ1) is 25.0. The van der Waals surface area contributed by atoms with Crippen molar-refractivity contribution in [2.75, 3.05) is 11.4 Å². The molecule has 0 saturated carbocycles. The Morgan fingerprint density at radius 2 is 1.59 bits per heavy atom. The molecule has 1 amide bonds. The number of carbonyl (C=O) groups is 2. The molecule has 3 rings (SSSR count). The average Bonchev–Trinajstić information content (AvgIpc) is 2.83. The van der Waals surface area contributed by atoms with E-state index >= 15 is 0 Å². The molecule has 0 N–H and O–H groups in total. The molecule has 0 radical (unpaired) electrons. The van der Waals surface area contributed by atoms with Crippen LogP contribution in [0.25, 0.3) is 0 Å². The van der Waals surface area contributed by atoms with E-state index in [1.54, 1.807) is 60.7 Å². The van der Waals surface area contributed by atoms with Crippen molar-refractivity contribution in [2.45, 2.75) is 38.2 Å². The van der Waals surface area contributed by atoms with Crippen molar-refractivity contribution in [3.63, 3.8) is 0 Å². The van der Waals surface area contributed by atoms with Crippen molar-refractivity contribution in [2.24, 2.45) is 0 Å². The van der Waals surface area contributed by atoms with Gasteiger partial charge in [-0.15, -0.1) is 0 Å². The Hall–Kier alpha value is -3.65. The third-order valence-corrected chi connectivity index (χ3v) is 7.01. The van der Waals surface area contributed by atoms with Crippen LogP contribution < -0.4 is 9.04 Å². The molecule has 0 unspecified atom stereocenters. The zero-order chi connectivity index (χ0) is 24.9. The van der Waals surface area contributed by atoms with Crippen molar-refractivity contribution in [3.8, 4) is 5.75 Å². The van der Waals surface area contributed by atoms with Gasteiger partial charge >= 0.3 is 5.97 Å². The zero-order valence-corrected chi connectivity index (χ0v) is 20.3. The van der Waals surface area contributed by atoms with Crippen molar-refractivity contribution in [1.82, 2.24) is 0 Å². The Bertz CT molecular complexity index is 1270. The summed E-state index contributed by atoms with van der Waals surface area (Å²) in [6.07, 6.45) is 0. The SMILES string of the molecule is COC(=O)c1ccc(COc2cc(C(C)C)ccc2N(C(C)=O)S(=O)(=O)c2ccccc2)cc1. The van der Waals surface area contributed by atoms with E-state index in [1.165, 1.54) is 26.2 Å². The number of anilines is 1. The predicted molar refractivity (Wildman–Crippen MR) is 129 cm³/mol. The van der Waals surface area contributed by atoms with Gasteiger partial charge in [-0.05, 0) is 53.4 Å². The number of sulfonamides is 1. The molecule has 34 heavy (non-hydrogen) atoms. The fourth-order valence-corrected chi connectivity index (χ4v) is 4.82. The molecule has 0 heterocycles. The largest absolute Gasteiger partial charge is 0.487 e. The lowest BCUT2D eigenvalue weighted by atomic mass is 10.0. The first-order chi connectivity index (χ1) is 16.1. The molecule has 0 spiro atoms. The van der Waals surface area contributed by atoms with E-state index in [1.807, 2.05) is 13.8 Å². The lowest BCUT2D eigenvalue weighted by Gasteiger charge is -2.24. The molecule has 0 aromatic heterocycles. The zero-order valence-electron chi connectivity index (χ0n) is 19.5. The maximum Gasteiger partial charge on any atom is 0.337 e. The van der Waals surface area contributed by atoms with E-state index < -0.39 is 21.9 Å². The molecule has 3 aromatic carbocycles. The summed E-state index contributed by atoms with van der Waals surface area (Å²) in [5.74, 6) is -0.679. The fourth-order valence-electron chi connectivity index (χ4n) is 3.36. The summed E-state index contributed by atoms with van der Waals surface area (Å²) in [6.45, 7) is 5.32. The topological polar surface area (TPSA) is 90.0 Å². The van der Waals surface area contributed by atoms with E-state index in [-0.39, 0.29) is 28.9 Å². The molecule has 178 valence electrons. The van der Waals surface area contributed by atoms with Crippen molar-refractivity contribution < 1.29 is 27.5 Å². The number of carbonyl (C=O) groups excluding carboxylic acids is 2. The number of rotatable bonds is 8. The van der Waals surface area contributed by atoms with Crippen molar-refractivity contribution >= 4 is 27.6 Å². The third kappa shape index (κ3) is 5.46.